The fourth-order valence-corrected chi connectivity index (χ4v) is 2.43. The van der Waals surface area contributed by atoms with Crippen LogP contribution in [0.2, 0.25) is 0 Å². The second kappa shape index (κ2) is 6.62. The predicted octanol–water partition coefficient (Wildman–Crippen LogP) is 2.33. The third-order valence-corrected chi connectivity index (χ3v) is 3.56. The fraction of sp³-hybridized carbons (Fsp3) is 0.250. The number of nitrogens with zero attached hydrogens (tertiary/aromatic N) is 3. The van der Waals surface area contributed by atoms with Gasteiger partial charge in [0.05, 0.1) is 6.21 Å². The van der Waals surface area contributed by atoms with E-state index in [0.717, 1.165) is 22.6 Å². The first-order valence-electron chi connectivity index (χ1n) is 6.95. The number of benzene rings is 1. The molecule has 0 spiro atoms. The van der Waals surface area contributed by atoms with Gasteiger partial charge in [0.2, 0.25) is 0 Å². The van der Waals surface area contributed by atoms with Gasteiger partial charge < -0.3 is 15.2 Å². The monoisotopic (exact) mass is 315 g/mol. The van der Waals surface area contributed by atoms with Gasteiger partial charge in [-0.15, -0.1) is 0 Å². The average molecular weight is 315 g/mol. The molecule has 0 radical (unpaired) electrons. The Kier molecular flexibility index (Phi) is 4.82. The quantitative estimate of drug-likeness (QED) is 0.516. The van der Waals surface area contributed by atoms with Crippen LogP contribution in [0.5, 0.6) is 0 Å². The Labute approximate surface area is 136 Å². The summed E-state index contributed by atoms with van der Waals surface area (Å²) < 4.78 is 2.20. The van der Waals surface area contributed by atoms with Crippen LogP contribution in [0.4, 0.5) is 5.69 Å². The molecule has 2 rings (SSSR count). The summed E-state index contributed by atoms with van der Waals surface area (Å²) in [6.07, 6.45) is 1.73. The molecule has 0 fully saturated rings. The van der Waals surface area contributed by atoms with Gasteiger partial charge in [0.25, 0.3) is 0 Å². The molecule has 1 aromatic heterocycles. The number of thiocarbonyl (C=S) groups is 1. The van der Waals surface area contributed by atoms with E-state index in [0.29, 0.717) is 0 Å². The molecule has 22 heavy (non-hydrogen) atoms. The van der Waals surface area contributed by atoms with E-state index in [1.807, 2.05) is 14.1 Å². The summed E-state index contributed by atoms with van der Waals surface area (Å²) in [6, 6.07) is 10.5. The van der Waals surface area contributed by atoms with Crippen LogP contribution < -0.4 is 16.1 Å². The number of anilines is 1. The van der Waals surface area contributed by atoms with Crippen LogP contribution in [-0.4, -0.2) is 30.0 Å². The number of rotatable bonds is 4. The molecule has 3 N–H and O–H groups in total. The molecule has 116 valence electrons. The van der Waals surface area contributed by atoms with Gasteiger partial charge in [-0.3, -0.25) is 5.43 Å². The predicted molar refractivity (Wildman–Crippen MR) is 97.1 cm³/mol. The lowest BCUT2D eigenvalue weighted by atomic mass is 10.2. The summed E-state index contributed by atoms with van der Waals surface area (Å²) >= 11 is 4.73. The van der Waals surface area contributed by atoms with Gasteiger partial charge in [0.15, 0.2) is 5.11 Å². The van der Waals surface area contributed by atoms with Crippen LogP contribution in [0, 0.1) is 13.8 Å². The number of nitrogens with one attached hydrogen (secondary N) is 1. The molecule has 0 amide bonds. The Bertz CT molecular complexity index is 698. The standard InChI is InChI=1S/C16H21N5S/c1-11-9-13(10-18-19-16(17)22)12(2)21(11)15-7-5-14(6-8-15)20(3)4/h5-10H,1-4H3,(H3,17,19,22). The highest BCUT2D eigenvalue weighted by Crippen LogP contribution is 2.22. The Morgan fingerprint density at radius 1 is 1.27 bits per heavy atom. The van der Waals surface area contributed by atoms with E-state index in [1.165, 1.54) is 5.69 Å². The van der Waals surface area contributed by atoms with Crippen molar-refractivity contribution >= 4 is 29.2 Å². The topological polar surface area (TPSA) is 58.6 Å². The first-order chi connectivity index (χ1) is 10.4. The SMILES string of the molecule is Cc1cc(C=NNC(N)=S)c(C)n1-c1ccc(N(C)C)cc1. The normalized spacial score (nSPS) is 10.9. The van der Waals surface area contributed by atoms with Crippen LogP contribution >= 0.6 is 12.2 Å². The zero-order valence-corrected chi connectivity index (χ0v) is 14.1. The van der Waals surface area contributed by atoms with Crippen molar-refractivity contribution in [3.63, 3.8) is 0 Å². The van der Waals surface area contributed by atoms with Gasteiger partial charge in [-0.2, -0.15) is 5.10 Å². The minimum atomic E-state index is 0.157. The van der Waals surface area contributed by atoms with E-state index in [-0.39, 0.29) is 5.11 Å². The number of hydrazone groups is 1. The van der Waals surface area contributed by atoms with Gasteiger partial charge in [-0.1, -0.05) is 0 Å². The number of aromatic nitrogens is 1. The molecule has 0 bridgehead atoms. The highest BCUT2D eigenvalue weighted by atomic mass is 32.1. The first kappa shape index (κ1) is 16.0. The maximum Gasteiger partial charge on any atom is 0.184 e. The lowest BCUT2D eigenvalue weighted by Crippen LogP contribution is -2.24. The maximum absolute atomic E-state index is 5.36. The Morgan fingerprint density at radius 3 is 2.45 bits per heavy atom. The third kappa shape index (κ3) is 3.46. The van der Waals surface area contributed by atoms with Gasteiger partial charge in [-0.05, 0) is 56.4 Å². The molecule has 0 saturated heterocycles. The lowest BCUT2D eigenvalue weighted by Gasteiger charge is -2.14. The van der Waals surface area contributed by atoms with Crippen molar-refractivity contribution in [2.24, 2.45) is 10.8 Å². The van der Waals surface area contributed by atoms with E-state index in [9.17, 15) is 0 Å². The molecule has 0 aliphatic rings. The Morgan fingerprint density at radius 2 is 1.91 bits per heavy atom. The van der Waals surface area contributed by atoms with Gasteiger partial charge in [-0.25, -0.2) is 0 Å². The van der Waals surface area contributed by atoms with Crippen molar-refractivity contribution in [1.82, 2.24) is 9.99 Å². The molecular weight excluding hydrogens is 294 g/mol. The van der Waals surface area contributed by atoms with Crippen molar-refractivity contribution in [2.75, 3.05) is 19.0 Å². The first-order valence-corrected chi connectivity index (χ1v) is 7.36. The summed E-state index contributed by atoms with van der Waals surface area (Å²) in [6.45, 7) is 4.14. The highest BCUT2D eigenvalue weighted by Gasteiger charge is 2.09. The molecule has 1 heterocycles. The van der Waals surface area contributed by atoms with E-state index >= 15 is 0 Å². The van der Waals surface area contributed by atoms with E-state index < -0.39 is 0 Å². The third-order valence-electron chi connectivity index (χ3n) is 3.47. The van der Waals surface area contributed by atoms with Crippen LogP contribution in [0.15, 0.2) is 35.4 Å². The number of aryl methyl sites for hydroxylation is 1. The van der Waals surface area contributed by atoms with Crippen molar-refractivity contribution in [1.29, 1.82) is 0 Å². The summed E-state index contributed by atoms with van der Waals surface area (Å²) in [7, 11) is 4.06. The van der Waals surface area contributed by atoms with Crippen molar-refractivity contribution in [2.45, 2.75) is 13.8 Å². The van der Waals surface area contributed by atoms with Crippen molar-refractivity contribution < 1.29 is 0 Å². The van der Waals surface area contributed by atoms with Crippen molar-refractivity contribution in [3.8, 4) is 5.69 Å². The Hall–Kier alpha value is -2.34. The average Bonchev–Trinajstić information content (AvgIpc) is 2.73. The van der Waals surface area contributed by atoms with Crippen LogP contribution in [0.3, 0.4) is 0 Å². The van der Waals surface area contributed by atoms with Crippen LogP contribution in [0.1, 0.15) is 17.0 Å². The number of hydrogen-bond donors (Lipinski definition) is 2. The van der Waals surface area contributed by atoms with E-state index in [4.69, 9.17) is 18.0 Å². The van der Waals surface area contributed by atoms with E-state index in [2.05, 4.69) is 64.2 Å². The molecule has 0 unspecified atom stereocenters. The van der Waals surface area contributed by atoms with Gasteiger partial charge >= 0.3 is 0 Å². The number of hydrogen-bond acceptors (Lipinski definition) is 3. The van der Waals surface area contributed by atoms with Crippen molar-refractivity contribution in [3.05, 3.63) is 47.3 Å². The fourth-order valence-electron chi connectivity index (χ4n) is 2.38. The Balaban J connectivity index is 2.33. The second-order valence-electron chi connectivity index (χ2n) is 5.31. The molecule has 0 atom stereocenters. The minimum Gasteiger partial charge on any atom is -0.378 e. The summed E-state index contributed by atoms with van der Waals surface area (Å²) in [5.41, 5.74) is 13.5. The smallest absolute Gasteiger partial charge is 0.184 e. The summed E-state index contributed by atoms with van der Waals surface area (Å²) in [5, 5.41) is 4.18. The minimum absolute atomic E-state index is 0.157. The molecule has 1 aromatic carbocycles. The maximum atomic E-state index is 5.36. The van der Waals surface area contributed by atoms with Crippen LogP contribution in [0.25, 0.3) is 5.69 Å². The molecule has 0 aliphatic carbocycles. The zero-order chi connectivity index (χ0) is 16.3. The van der Waals surface area contributed by atoms with E-state index in [1.54, 1.807) is 6.21 Å². The molecule has 0 saturated carbocycles. The summed E-state index contributed by atoms with van der Waals surface area (Å²) in [5.74, 6) is 0. The number of nitrogens with two attached hydrogens (primary N) is 1. The molecule has 0 aliphatic heterocycles. The molecule has 5 nitrogen and oxygen atoms in total. The summed E-state index contributed by atoms with van der Waals surface area (Å²) in [4.78, 5) is 2.08. The second-order valence-corrected chi connectivity index (χ2v) is 5.75. The largest absolute Gasteiger partial charge is 0.378 e. The van der Waals surface area contributed by atoms with Crippen LogP contribution in [-0.2, 0) is 0 Å². The molecule has 2 aromatic rings. The molecule has 6 heteroatoms. The highest BCUT2D eigenvalue weighted by molar-refractivity contribution is 7.80. The van der Waals surface area contributed by atoms with Gasteiger partial charge in [0.1, 0.15) is 0 Å². The molecular formula is C16H21N5S. The zero-order valence-electron chi connectivity index (χ0n) is 13.3. The van der Waals surface area contributed by atoms with Gasteiger partial charge in [0, 0.05) is 42.4 Å². The lowest BCUT2D eigenvalue weighted by molar-refractivity contribution is 0.962.